The van der Waals surface area contributed by atoms with Crippen molar-refractivity contribution >= 4 is 15.9 Å². The summed E-state index contributed by atoms with van der Waals surface area (Å²) in [6, 6.07) is 3.19. The van der Waals surface area contributed by atoms with E-state index in [2.05, 4.69) is 15.9 Å². The van der Waals surface area contributed by atoms with Gasteiger partial charge in [-0.1, -0.05) is 15.9 Å². The highest BCUT2D eigenvalue weighted by atomic mass is 79.9. The van der Waals surface area contributed by atoms with Gasteiger partial charge in [-0.25, -0.2) is 8.78 Å². The number of benzene rings is 1. The first-order valence-corrected chi connectivity index (χ1v) is 5.50. The zero-order valence-electron chi connectivity index (χ0n) is 7.60. The van der Waals surface area contributed by atoms with Crippen LogP contribution >= 0.6 is 15.9 Å². The van der Waals surface area contributed by atoms with E-state index in [1.807, 2.05) is 0 Å². The number of unbranched alkanes of at least 4 members (excludes halogenated alkanes) is 1. The van der Waals surface area contributed by atoms with Gasteiger partial charge >= 0.3 is 0 Å². The highest BCUT2D eigenvalue weighted by Gasteiger charge is 2.03. The van der Waals surface area contributed by atoms with E-state index in [0.717, 1.165) is 36.4 Å². The van der Waals surface area contributed by atoms with Gasteiger partial charge < -0.3 is 4.74 Å². The van der Waals surface area contributed by atoms with Crippen molar-refractivity contribution < 1.29 is 13.5 Å². The lowest BCUT2D eigenvalue weighted by molar-refractivity contribution is 0.293. The molecule has 0 spiro atoms. The smallest absolute Gasteiger partial charge is 0.165 e. The van der Waals surface area contributed by atoms with E-state index in [9.17, 15) is 8.78 Å². The minimum atomic E-state index is -0.523. The topological polar surface area (TPSA) is 9.23 Å². The second kappa shape index (κ2) is 5.96. The summed E-state index contributed by atoms with van der Waals surface area (Å²) in [4.78, 5) is 0. The van der Waals surface area contributed by atoms with Gasteiger partial charge in [0.2, 0.25) is 0 Å². The molecule has 14 heavy (non-hydrogen) atoms. The summed E-state index contributed by atoms with van der Waals surface area (Å²) in [6.45, 7) is 0.409. The molecule has 0 aliphatic heterocycles. The molecule has 78 valence electrons. The lowest BCUT2D eigenvalue weighted by Gasteiger charge is -2.06. The van der Waals surface area contributed by atoms with Gasteiger partial charge in [-0.05, 0) is 25.0 Å². The molecule has 1 aromatic carbocycles. The maximum atomic E-state index is 13.0. The third-order valence-corrected chi connectivity index (χ3v) is 2.24. The average molecular weight is 265 g/mol. The Morgan fingerprint density at radius 3 is 2.71 bits per heavy atom. The second-order valence-corrected chi connectivity index (χ2v) is 3.61. The average Bonchev–Trinajstić information content (AvgIpc) is 2.18. The van der Waals surface area contributed by atoms with E-state index in [1.165, 1.54) is 0 Å². The largest absolute Gasteiger partial charge is 0.490 e. The van der Waals surface area contributed by atoms with Crippen molar-refractivity contribution in [1.29, 1.82) is 0 Å². The molecule has 0 unspecified atom stereocenters. The van der Waals surface area contributed by atoms with Crippen molar-refractivity contribution in [2.75, 3.05) is 11.9 Å². The Labute approximate surface area is 90.2 Å². The molecule has 0 aromatic heterocycles. The molecule has 0 heterocycles. The van der Waals surface area contributed by atoms with E-state index in [0.29, 0.717) is 6.61 Å². The molecule has 0 radical (unpaired) electrons. The van der Waals surface area contributed by atoms with Crippen LogP contribution in [0.15, 0.2) is 18.2 Å². The Balaban J connectivity index is 2.45. The van der Waals surface area contributed by atoms with Gasteiger partial charge in [0.25, 0.3) is 0 Å². The van der Waals surface area contributed by atoms with Gasteiger partial charge in [-0.3, -0.25) is 0 Å². The number of halogens is 3. The molecule has 1 aromatic rings. The van der Waals surface area contributed by atoms with E-state index < -0.39 is 11.6 Å². The van der Waals surface area contributed by atoms with Crippen LogP contribution in [-0.4, -0.2) is 11.9 Å². The number of hydrogen-bond acceptors (Lipinski definition) is 1. The maximum Gasteiger partial charge on any atom is 0.165 e. The molecule has 0 fully saturated rings. The molecular formula is C10H11BrF2O. The van der Waals surface area contributed by atoms with Crippen molar-refractivity contribution in [1.82, 2.24) is 0 Å². The Kier molecular flexibility index (Phi) is 4.87. The van der Waals surface area contributed by atoms with Crippen LogP contribution in [0.2, 0.25) is 0 Å². The van der Waals surface area contributed by atoms with Gasteiger partial charge in [0, 0.05) is 11.4 Å². The molecule has 0 aliphatic carbocycles. The monoisotopic (exact) mass is 264 g/mol. The van der Waals surface area contributed by atoms with Crippen LogP contribution in [-0.2, 0) is 0 Å². The minimum absolute atomic E-state index is 0.0143. The number of ether oxygens (including phenoxy) is 1. The molecule has 1 nitrogen and oxygen atoms in total. The third-order valence-electron chi connectivity index (χ3n) is 1.68. The van der Waals surface area contributed by atoms with Crippen LogP contribution < -0.4 is 4.74 Å². The van der Waals surface area contributed by atoms with Crippen LogP contribution in [0.25, 0.3) is 0 Å². The van der Waals surface area contributed by atoms with Gasteiger partial charge in [-0.2, -0.15) is 0 Å². The molecule has 0 bridgehead atoms. The summed E-state index contributed by atoms with van der Waals surface area (Å²) < 4.78 is 30.7. The SMILES string of the molecule is Fc1ccc(F)c(OCCCCBr)c1. The highest BCUT2D eigenvalue weighted by Crippen LogP contribution is 2.18. The quantitative estimate of drug-likeness (QED) is 0.584. The highest BCUT2D eigenvalue weighted by molar-refractivity contribution is 9.09. The second-order valence-electron chi connectivity index (χ2n) is 2.82. The van der Waals surface area contributed by atoms with E-state index in [4.69, 9.17) is 4.74 Å². The fourth-order valence-corrected chi connectivity index (χ4v) is 1.36. The van der Waals surface area contributed by atoms with Crippen molar-refractivity contribution in [3.63, 3.8) is 0 Å². The van der Waals surface area contributed by atoms with Gasteiger partial charge in [0.15, 0.2) is 11.6 Å². The zero-order valence-corrected chi connectivity index (χ0v) is 9.19. The van der Waals surface area contributed by atoms with Crippen LogP contribution in [0.3, 0.4) is 0 Å². The number of rotatable bonds is 5. The zero-order chi connectivity index (χ0) is 10.4. The molecular weight excluding hydrogens is 254 g/mol. The standard InChI is InChI=1S/C10H11BrF2O/c11-5-1-2-6-14-10-7-8(12)3-4-9(10)13/h3-4,7H,1-2,5-6H2. The lowest BCUT2D eigenvalue weighted by Crippen LogP contribution is -1.99. The number of hydrogen-bond donors (Lipinski definition) is 0. The molecule has 1 rings (SSSR count). The van der Waals surface area contributed by atoms with Crippen molar-refractivity contribution in [3.8, 4) is 5.75 Å². The summed E-state index contributed by atoms with van der Waals surface area (Å²) in [5.74, 6) is -1.02. The predicted molar refractivity (Wildman–Crippen MR) is 54.9 cm³/mol. The van der Waals surface area contributed by atoms with Gasteiger partial charge in [0.05, 0.1) is 6.61 Å². The molecule has 0 aliphatic rings. The first-order valence-electron chi connectivity index (χ1n) is 4.38. The van der Waals surface area contributed by atoms with E-state index in [-0.39, 0.29) is 5.75 Å². The molecule has 0 saturated heterocycles. The molecule has 0 amide bonds. The van der Waals surface area contributed by atoms with Crippen LogP contribution in [0.1, 0.15) is 12.8 Å². The Morgan fingerprint density at radius 1 is 1.21 bits per heavy atom. The maximum absolute atomic E-state index is 13.0. The normalized spacial score (nSPS) is 10.2. The first-order chi connectivity index (χ1) is 6.74. The molecule has 4 heteroatoms. The Bertz CT molecular complexity index is 291. The van der Waals surface area contributed by atoms with Gasteiger partial charge in [-0.15, -0.1) is 0 Å². The van der Waals surface area contributed by atoms with Crippen molar-refractivity contribution in [3.05, 3.63) is 29.8 Å². The lowest BCUT2D eigenvalue weighted by atomic mass is 10.3. The Hall–Kier alpha value is -0.640. The van der Waals surface area contributed by atoms with Gasteiger partial charge in [0.1, 0.15) is 5.82 Å². The summed E-state index contributed by atoms with van der Waals surface area (Å²) in [5, 5.41) is 0.891. The van der Waals surface area contributed by atoms with Crippen molar-refractivity contribution in [2.45, 2.75) is 12.8 Å². The summed E-state index contributed by atoms with van der Waals surface area (Å²) in [7, 11) is 0. The summed E-state index contributed by atoms with van der Waals surface area (Å²) in [5.41, 5.74) is 0. The fourth-order valence-electron chi connectivity index (χ4n) is 0.966. The first kappa shape index (κ1) is 11.4. The molecule has 0 N–H and O–H groups in total. The minimum Gasteiger partial charge on any atom is -0.490 e. The summed E-state index contributed by atoms with van der Waals surface area (Å²) >= 11 is 3.27. The fraction of sp³-hybridized carbons (Fsp3) is 0.400. The van der Waals surface area contributed by atoms with Crippen molar-refractivity contribution in [2.24, 2.45) is 0 Å². The van der Waals surface area contributed by atoms with E-state index >= 15 is 0 Å². The van der Waals surface area contributed by atoms with Crippen LogP contribution in [0.5, 0.6) is 5.75 Å². The van der Waals surface area contributed by atoms with Crippen LogP contribution in [0, 0.1) is 11.6 Å². The van der Waals surface area contributed by atoms with E-state index in [1.54, 1.807) is 0 Å². The molecule has 0 saturated carbocycles. The summed E-state index contributed by atoms with van der Waals surface area (Å²) in [6.07, 6.45) is 1.78. The van der Waals surface area contributed by atoms with Crippen LogP contribution in [0.4, 0.5) is 8.78 Å². The third kappa shape index (κ3) is 3.62. The molecule has 0 atom stereocenters. The predicted octanol–water partition coefficient (Wildman–Crippen LogP) is 3.52. The Morgan fingerprint density at radius 2 is 2.00 bits per heavy atom. The number of alkyl halides is 1.